The molecular formula is C17H15NO4S. The van der Waals surface area contributed by atoms with Crippen molar-refractivity contribution in [3.8, 4) is 0 Å². The summed E-state index contributed by atoms with van der Waals surface area (Å²) in [6.45, 7) is 3.36. The number of thiazole rings is 1. The number of carbonyl (C=O) groups excluding carboxylic acids is 2. The summed E-state index contributed by atoms with van der Waals surface area (Å²) in [6.07, 6.45) is 0.0662. The first-order chi connectivity index (χ1) is 11.0. The molecule has 2 heterocycles. The van der Waals surface area contributed by atoms with E-state index in [0.29, 0.717) is 11.3 Å². The summed E-state index contributed by atoms with van der Waals surface area (Å²) >= 11 is 1.47. The van der Waals surface area contributed by atoms with Crippen molar-refractivity contribution in [1.82, 2.24) is 4.98 Å². The number of para-hydroxylation sites is 1. The Labute approximate surface area is 136 Å². The molecule has 0 spiro atoms. The average molecular weight is 329 g/mol. The van der Waals surface area contributed by atoms with Gasteiger partial charge in [-0.15, -0.1) is 11.3 Å². The van der Waals surface area contributed by atoms with Crippen molar-refractivity contribution in [2.45, 2.75) is 20.3 Å². The molecule has 3 rings (SSSR count). The number of ether oxygens (including phenoxy) is 1. The predicted molar refractivity (Wildman–Crippen MR) is 86.8 cm³/mol. The number of Topliss-reactive ketones (excluding diaryl/α,β-unsaturated/α-hetero) is 1. The van der Waals surface area contributed by atoms with E-state index in [1.165, 1.54) is 11.3 Å². The fourth-order valence-corrected chi connectivity index (χ4v) is 2.95. The Balaban J connectivity index is 1.64. The summed E-state index contributed by atoms with van der Waals surface area (Å²) in [5.41, 5.74) is 2.07. The Kier molecular flexibility index (Phi) is 4.25. The molecule has 0 N–H and O–H groups in total. The molecule has 1 aromatic carbocycles. The van der Waals surface area contributed by atoms with Crippen molar-refractivity contribution >= 4 is 34.1 Å². The molecule has 0 aliphatic heterocycles. The fraction of sp³-hybridized carbons (Fsp3) is 0.235. The summed E-state index contributed by atoms with van der Waals surface area (Å²) in [5, 5.41) is 3.59. The predicted octanol–water partition coefficient (Wildman–Crippen LogP) is 3.47. The maximum absolute atomic E-state index is 12.2. The lowest BCUT2D eigenvalue weighted by Crippen LogP contribution is -2.16. The number of ketones is 1. The average Bonchev–Trinajstić information content (AvgIpc) is 3.09. The lowest BCUT2D eigenvalue weighted by molar-refractivity contribution is -0.141. The minimum absolute atomic E-state index is 0.0662. The first-order valence-electron chi connectivity index (χ1n) is 7.12. The zero-order valence-electron chi connectivity index (χ0n) is 12.8. The highest BCUT2D eigenvalue weighted by Gasteiger charge is 2.19. The van der Waals surface area contributed by atoms with Crippen LogP contribution >= 0.6 is 11.3 Å². The van der Waals surface area contributed by atoms with E-state index in [2.05, 4.69) is 4.98 Å². The first kappa shape index (κ1) is 15.4. The maximum atomic E-state index is 12.2. The maximum Gasteiger partial charge on any atom is 0.312 e. The van der Waals surface area contributed by atoms with Gasteiger partial charge in [0.15, 0.2) is 12.4 Å². The molecule has 2 aromatic heterocycles. The largest absolute Gasteiger partial charge is 0.457 e. The number of aromatic nitrogens is 1. The van der Waals surface area contributed by atoms with Crippen molar-refractivity contribution in [1.29, 1.82) is 0 Å². The molecule has 3 aromatic rings. The molecule has 0 saturated carbocycles. The molecule has 23 heavy (non-hydrogen) atoms. The van der Waals surface area contributed by atoms with E-state index in [4.69, 9.17) is 9.15 Å². The van der Waals surface area contributed by atoms with Gasteiger partial charge in [-0.2, -0.15) is 0 Å². The van der Waals surface area contributed by atoms with Crippen LogP contribution in [0, 0.1) is 13.8 Å². The van der Waals surface area contributed by atoms with Gasteiger partial charge in [0, 0.05) is 16.3 Å². The number of nitrogens with zero attached hydrogens (tertiary/aromatic N) is 1. The van der Waals surface area contributed by atoms with Crippen LogP contribution in [0.2, 0.25) is 0 Å². The van der Waals surface area contributed by atoms with Crippen LogP contribution in [0.25, 0.3) is 11.0 Å². The number of benzene rings is 1. The van der Waals surface area contributed by atoms with E-state index in [-0.39, 0.29) is 24.6 Å². The molecule has 0 aliphatic rings. The smallest absolute Gasteiger partial charge is 0.312 e. The fourth-order valence-electron chi connectivity index (χ4n) is 2.34. The van der Waals surface area contributed by atoms with Gasteiger partial charge in [-0.25, -0.2) is 4.98 Å². The van der Waals surface area contributed by atoms with Gasteiger partial charge in [0.1, 0.15) is 5.58 Å². The van der Waals surface area contributed by atoms with Crippen LogP contribution in [0.1, 0.15) is 26.8 Å². The third-order valence-corrected chi connectivity index (χ3v) is 4.28. The van der Waals surface area contributed by atoms with E-state index in [1.54, 1.807) is 6.07 Å². The molecule has 0 aliphatic carbocycles. The highest BCUT2D eigenvalue weighted by molar-refractivity contribution is 7.09. The SMILES string of the molecule is Cc1nc(CC(=O)OCC(=O)c2oc3ccccc3c2C)cs1. The molecular weight excluding hydrogens is 314 g/mol. The van der Waals surface area contributed by atoms with E-state index < -0.39 is 5.97 Å². The molecule has 5 nitrogen and oxygen atoms in total. The third-order valence-electron chi connectivity index (χ3n) is 3.45. The number of esters is 1. The van der Waals surface area contributed by atoms with Crippen LogP contribution in [0.4, 0.5) is 0 Å². The van der Waals surface area contributed by atoms with Crippen molar-refractivity contribution in [2.75, 3.05) is 6.61 Å². The van der Waals surface area contributed by atoms with E-state index >= 15 is 0 Å². The topological polar surface area (TPSA) is 69.4 Å². The number of carbonyl (C=O) groups is 2. The highest BCUT2D eigenvalue weighted by Crippen LogP contribution is 2.25. The molecule has 0 fully saturated rings. The van der Waals surface area contributed by atoms with Gasteiger partial charge in [0.05, 0.1) is 17.1 Å². The monoisotopic (exact) mass is 329 g/mol. The second-order valence-electron chi connectivity index (χ2n) is 5.17. The van der Waals surface area contributed by atoms with Crippen molar-refractivity contribution < 1.29 is 18.7 Å². The normalized spacial score (nSPS) is 10.9. The van der Waals surface area contributed by atoms with Crippen LogP contribution in [-0.2, 0) is 16.0 Å². The Morgan fingerprint density at radius 2 is 2.04 bits per heavy atom. The minimum Gasteiger partial charge on any atom is -0.457 e. The third kappa shape index (κ3) is 3.32. The van der Waals surface area contributed by atoms with Gasteiger partial charge in [-0.3, -0.25) is 9.59 Å². The summed E-state index contributed by atoms with van der Waals surface area (Å²) in [5.74, 6) is -0.581. The Morgan fingerprint density at radius 3 is 2.74 bits per heavy atom. The lowest BCUT2D eigenvalue weighted by Gasteiger charge is -2.02. The van der Waals surface area contributed by atoms with Gasteiger partial charge in [0.2, 0.25) is 5.78 Å². The zero-order chi connectivity index (χ0) is 16.4. The molecule has 0 unspecified atom stereocenters. The molecule has 0 radical (unpaired) electrons. The van der Waals surface area contributed by atoms with Crippen LogP contribution in [0.3, 0.4) is 0 Å². The van der Waals surface area contributed by atoms with Gasteiger partial charge >= 0.3 is 5.97 Å². The zero-order valence-corrected chi connectivity index (χ0v) is 13.6. The van der Waals surface area contributed by atoms with Crippen molar-refractivity contribution in [3.63, 3.8) is 0 Å². The number of fused-ring (bicyclic) bond motifs is 1. The quantitative estimate of drug-likeness (QED) is 0.529. The van der Waals surface area contributed by atoms with E-state index in [9.17, 15) is 9.59 Å². The van der Waals surface area contributed by atoms with Gasteiger partial charge in [-0.1, -0.05) is 18.2 Å². The van der Waals surface area contributed by atoms with Crippen molar-refractivity contribution in [3.05, 3.63) is 51.7 Å². The number of aryl methyl sites for hydroxylation is 2. The van der Waals surface area contributed by atoms with Crippen LogP contribution in [-0.4, -0.2) is 23.3 Å². The summed E-state index contributed by atoms with van der Waals surface area (Å²) in [7, 11) is 0. The second kappa shape index (κ2) is 6.34. The summed E-state index contributed by atoms with van der Waals surface area (Å²) < 4.78 is 10.6. The molecule has 6 heteroatoms. The van der Waals surface area contributed by atoms with Gasteiger partial charge in [0.25, 0.3) is 0 Å². The minimum atomic E-state index is -0.475. The van der Waals surface area contributed by atoms with Crippen LogP contribution in [0.15, 0.2) is 34.1 Å². The Bertz CT molecular complexity index is 878. The Hall–Kier alpha value is -2.47. The van der Waals surface area contributed by atoms with E-state index in [0.717, 1.165) is 16.0 Å². The number of rotatable bonds is 5. The summed E-state index contributed by atoms with van der Waals surface area (Å²) in [4.78, 5) is 28.2. The summed E-state index contributed by atoms with van der Waals surface area (Å²) in [6, 6.07) is 7.42. The van der Waals surface area contributed by atoms with Crippen LogP contribution in [0.5, 0.6) is 0 Å². The van der Waals surface area contributed by atoms with Gasteiger partial charge in [-0.05, 0) is 19.9 Å². The highest BCUT2D eigenvalue weighted by atomic mass is 32.1. The van der Waals surface area contributed by atoms with Crippen molar-refractivity contribution in [2.24, 2.45) is 0 Å². The number of furan rings is 1. The van der Waals surface area contributed by atoms with Crippen LogP contribution < -0.4 is 0 Å². The lowest BCUT2D eigenvalue weighted by atomic mass is 10.1. The Morgan fingerprint density at radius 1 is 1.26 bits per heavy atom. The molecule has 0 saturated heterocycles. The standard InChI is InChI=1S/C17H15NO4S/c1-10-13-5-3-4-6-15(13)22-17(10)14(19)8-21-16(20)7-12-9-23-11(2)18-12/h3-6,9H,7-8H2,1-2H3. The first-order valence-corrected chi connectivity index (χ1v) is 8.00. The number of hydrogen-bond acceptors (Lipinski definition) is 6. The molecule has 0 amide bonds. The van der Waals surface area contributed by atoms with E-state index in [1.807, 2.05) is 37.4 Å². The van der Waals surface area contributed by atoms with Gasteiger partial charge < -0.3 is 9.15 Å². The second-order valence-corrected chi connectivity index (χ2v) is 6.23. The molecule has 118 valence electrons. The molecule has 0 bridgehead atoms. The number of hydrogen-bond donors (Lipinski definition) is 0. The molecule has 0 atom stereocenters.